The standard InChI is InChI=1S/C16H21N5OS/c22-15(10-13-11-23-9-8-17-13)18-7-6-14-19-16(21-20-14)12-4-2-1-3-5-12/h1-5,13,17H,6-11H2,(H,18,22)(H,19,20,21). The van der Waals surface area contributed by atoms with Crippen molar-refractivity contribution < 1.29 is 4.79 Å². The van der Waals surface area contributed by atoms with Crippen molar-refractivity contribution in [3.63, 3.8) is 0 Å². The molecule has 23 heavy (non-hydrogen) atoms. The van der Waals surface area contributed by atoms with E-state index in [1.807, 2.05) is 42.1 Å². The number of aromatic amines is 1. The van der Waals surface area contributed by atoms with E-state index in [0.29, 0.717) is 31.3 Å². The SMILES string of the molecule is O=C(CC1CSCCN1)NCCc1nc(-c2ccccc2)n[nH]1. The molecule has 1 unspecified atom stereocenters. The van der Waals surface area contributed by atoms with Crippen LogP contribution in [0.5, 0.6) is 0 Å². The van der Waals surface area contributed by atoms with Gasteiger partial charge in [0.25, 0.3) is 0 Å². The molecule has 2 aromatic rings. The van der Waals surface area contributed by atoms with Gasteiger partial charge < -0.3 is 10.6 Å². The zero-order valence-corrected chi connectivity index (χ0v) is 13.7. The predicted molar refractivity (Wildman–Crippen MR) is 92.3 cm³/mol. The van der Waals surface area contributed by atoms with Crippen molar-refractivity contribution in [2.45, 2.75) is 18.9 Å². The van der Waals surface area contributed by atoms with Crippen molar-refractivity contribution in [2.24, 2.45) is 0 Å². The first-order valence-electron chi connectivity index (χ1n) is 7.86. The lowest BCUT2D eigenvalue weighted by Gasteiger charge is -2.22. The van der Waals surface area contributed by atoms with Crippen LogP contribution in [0, 0.1) is 0 Å². The number of hydrogen-bond donors (Lipinski definition) is 3. The molecule has 3 rings (SSSR count). The first-order valence-corrected chi connectivity index (χ1v) is 9.01. The van der Waals surface area contributed by atoms with E-state index in [9.17, 15) is 4.79 Å². The maximum atomic E-state index is 11.9. The molecule has 6 nitrogen and oxygen atoms in total. The Morgan fingerprint density at radius 1 is 1.35 bits per heavy atom. The summed E-state index contributed by atoms with van der Waals surface area (Å²) < 4.78 is 0. The fraction of sp³-hybridized carbons (Fsp3) is 0.438. The van der Waals surface area contributed by atoms with Crippen LogP contribution in [0.25, 0.3) is 11.4 Å². The van der Waals surface area contributed by atoms with Crippen LogP contribution >= 0.6 is 11.8 Å². The Balaban J connectivity index is 1.42. The minimum Gasteiger partial charge on any atom is -0.356 e. The van der Waals surface area contributed by atoms with Crippen molar-refractivity contribution >= 4 is 17.7 Å². The average Bonchev–Trinajstić information content (AvgIpc) is 3.05. The number of rotatable bonds is 6. The number of amides is 1. The second kappa shape index (κ2) is 8.12. The molecule has 1 fully saturated rings. The zero-order chi connectivity index (χ0) is 15.9. The number of carbonyl (C=O) groups is 1. The molecule has 0 bridgehead atoms. The van der Waals surface area contributed by atoms with E-state index in [2.05, 4.69) is 25.8 Å². The molecule has 0 saturated carbocycles. The molecule has 1 aromatic heterocycles. The molecule has 122 valence electrons. The van der Waals surface area contributed by atoms with Crippen LogP contribution in [0.3, 0.4) is 0 Å². The molecule has 1 atom stereocenters. The van der Waals surface area contributed by atoms with E-state index in [1.165, 1.54) is 0 Å². The Morgan fingerprint density at radius 3 is 3.00 bits per heavy atom. The van der Waals surface area contributed by atoms with Crippen molar-refractivity contribution in [3.05, 3.63) is 36.2 Å². The summed E-state index contributed by atoms with van der Waals surface area (Å²) in [5, 5.41) is 13.5. The number of hydrogen-bond acceptors (Lipinski definition) is 5. The number of benzene rings is 1. The highest BCUT2D eigenvalue weighted by Crippen LogP contribution is 2.13. The number of nitrogens with one attached hydrogen (secondary N) is 3. The molecule has 3 N–H and O–H groups in total. The second-order valence-corrected chi connectivity index (χ2v) is 6.65. The zero-order valence-electron chi connectivity index (χ0n) is 12.9. The average molecular weight is 331 g/mol. The number of nitrogens with zero attached hydrogens (tertiary/aromatic N) is 2. The van der Waals surface area contributed by atoms with E-state index in [0.717, 1.165) is 29.4 Å². The summed E-state index contributed by atoms with van der Waals surface area (Å²) in [7, 11) is 0. The van der Waals surface area contributed by atoms with E-state index >= 15 is 0 Å². The molecule has 0 spiro atoms. The lowest BCUT2D eigenvalue weighted by molar-refractivity contribution is -0.121. The molecule has 2 heterocycles. The van der Waals surface area contributed by atoms with Gasteiger partial charge in [-0.15, -0.1) is 0 Å². The van der Waals surface area contributed by atoms with Crippen LogP contribution < -0.4 is 10.6 Å². The van der Waals surface area contributed by atoms with Gasteiger partial charge in [-0.05, 0) is 0 Å². The van der Waals surface area contributed by atoms with Gasteiger partial charge in [-0.25, -0.2) is 4.98 Å². The topological polar surface area (TPSA) is 82.7 Å². The summed E-state index contributed by atoms with van der Waals surface area (Å²) in [5.41, 5.74) is 0.986. The summed E-state index contributed by atoms with van der Waals surface area (Å²) in [6.45, 7) is 1.56. The van der Waals surface area contributed by atoms with Gasteiger partial charge in [-0.2, -0.15) is 16.9 Å². The lowest BCUT2D eigenvalue weighted by atomic mass is 10.2. The maximum absolute atomic E-state index is 11.9. The molecule has 1 aromatic carbocycles. The molecule has 7 heteroatoms. The van der Waals surface area contributed by atoms with Crippen molar-refractivity contribution in [2.75, 3.05) is 24.6 Å². The molecule has 0 radical (unpaired) electrons. The summed E-state index contributed by atoms with van der Waals surface area (Å²) in [6, 6.07) is 10.1. The third kappa shape index (κ3) is 4.80. The number of H-pyrrole nitrogens is 1. The molecule has 1 amide bonds. The minimum atomic E-state index is 0.0906. The Bertz CT molecular complexity index is 624. The van der Waals surface area contributed by atoms with Gasteiger partial charge in [-0.3, -0.25) is 9.89 Å². The number of carbonyl (C=O) groups excluding carboxylic acids is 1. The van der Waals surface area contributed by atoms with Crippen LogP contribution in [-0.4, -0.2) is 51.7 Å². The first kappa shape index (κ1) is 16.0. The van der Waals surface area contributed by atoms with Gasteiger partial charge in [0.15, 0.2) is 5.82 Å². The van der Waals surface area contributed by atoms with Gasteiger partial charge in [0.2, 0.25) is 5.91 Å². The van der Waals surface area contributed by atoms with Crippen LogP contribution in [0.1, 0.15) is 12.2 Å². The maximum Gasteiger partial charge on any atom is 0.221 e. The van der Waals surface area contributed by atoms with Gasteiger partial charge in [0, 0.05) is 49.0 Å². The van der Waals surface area contributed by atoms with E-state index < -0.39 is 0 Å². The van der Waals surface area contributed by atoms with Crippen molar-refractivity contribution in [1.29, 1.82) is 0 Å². The van der Waals surface area contributed by atoms with Crippen molar-refractivity contribution in [1.82, 2.24) is 25.8 Å². The summed E-state index contributed by atoms with van der Waals surface area (Å²) in [5.74, 6) is 3.71. The normalized spacial score (nSPS) is 17.8. The van der Waals surface area contributed by atoms with Crippen molar-refractivity contribution in [3.8, 4) is 11.4 Å². The summed E-state index contributed by atoms with van der Waals surface area (Å²) >= 11 is 1.90. The first-order chi connectivity index (χ1) is 11.3. The van der Waals surface area contributed by atoms with Crippen LogP contribution in [0.4, 0.5) is 0 Å². The Labute approximate surface area is 139 Å². The molecule has 1 saturated heterocycles. The Morgan fingerprint density at radius 2 is 2.22 bits per heavy atom. The van der Waals surface area contributed by atoms with Gasteiger partial charge in [0.1, 0.15) is 5.82 Å². The third-order valence-corrected chi connectivity index (χ3v) is 4.81. The summed E-state index contributed by atoms with van der Waals surface area (Å²) in [4.78, 5) is 16.4. The second-order valence-electron chi connectivity index (χ2n) is 5.50. The van der Waals surface area contributed by atoms with Gasteiger partial charge >= 0.3 is 0 Å². The van der Waals surface area contributed by atoms with Crippen LogP contribution in [0.2, 0.25) is 0 Å². The minimum absolute atomic E-state index is 0.0906. The molecule has 1 aliphatic heterocycles. The van der Waals surface area contributed by atoms with E-state index in [4.69, 9.17) is 0 Å². The summed E-state index contributed by atoms with van der Waals surface area (Å²) in [6.07, 6.45) is 1.19. The fourth-order valence-corrected chi connectivity index (χ4v) is 3.44. The molecular weight excluding hydrogens is 310 g/mol. The Hall–Kier alpha value is -1.86. The fourth-order valence-electron chi connectivity index (χ4n) is 2.49. The van der Waals surface area contributed by atoms with Gasteiger partial charge in [-0.1, -0.05) is 30.3 Å². The van der Waals surface area contributed by atoms with Crippen LogP contribution in [-0.2, 0) is 11.2 Å². The highest BCUT2D eigenvalue weighted by molar-refractivity contribution is 7.99. The molecule has 1 aliphatic rings. The largest absolute Gasteiger partial charge is 0.356 e. The quantitative estimate of drug-likeness (QED) is 0.741. The molecular formula is C16H21N5OS. The Kier molecular flexibility index (Phi) is 5.65. The van der Waals surface area contributed by atoms with Crippen LogP contribution in [0.15, 0.2) is 30.3 Å². The van der Waals surface area contributed by atoms with E-state index in [-0.39, 0.29) is 5.91 Å². The smallest absolute Gasteiger partial charge is 0.221 e. The van der Waals surface area contributed by atoms with Gasteiger partial charge in [0.05, 0.1) is 0 Å². The highest BCUT2D eigenvalue weighted by Gasteiger charge is 2.16. The molecule has 0 aliphatic carbocycles. The highest BCUT2D eigenvalue weighted by atomic mass is 32.2. The third-order valence-electron chi connectivity index (χ3n) is 3.68. The number of aromatic nitrogens is 3. The monoisotopic (exact) mass is 331 g/mol. The van der Waals surface area contributed by atoms with E-state index in [1.54, 1.807) is 0 Å². The predicted octanol–water partition coefficient (Wildman–Crippen LogP) is 1.23. The lowest BCUT2D eigenvalue weighted by Crippen LogP contribution is -2.41. The number of thioether (sulfide) groups is 1.